The fraction of sp³-hybridized carbons (Fsp3) is 0.480. The van der Waals surface area contributed by atoms with Gasteiger partial charge < -0.3 is 10.1 Å². The van der Waals surface area contributed by atoms with Crippen LogP contribution in [-0.2, 0) is 9.53 Å². The monoisotopic (exact) mass is 390 g/mol. The van der Waals surface area contributed by atoms with Crippen molar-refractivity contribution in [2.75, 3.05) is 25.0 Å². The van der Waals surface area contributed by atoms with Gasteiger partial charge in [-0.3, -0.25) is 9.69 Å². The Morgan fingerprint density at radius 1 is 1.03 bits per heavy atom. The summed E-state index contributed by atoms with van der Waals surface area (Å²) >= 11 is 0. The Hall–Kier alpha value is -2.33. The molecule has 29 heavy (non-hydrogen) atoms. The zero-order valence-corrected chi connectivity index (χ0v) is 17.1. The molecule has 2 aromatic rings. The molecular formula is C25H30N2O2. The normalized spacial score (nSPS) is 26.6. The molecule has 2 heterocycles. The number of ether oxygens (including phenoxy) is 1. The summed E-state index contributed by atoms with van der Waals surface area (Å²) in [5.74, 6) is 0.622. The summed E-state index contributed by atoms with van der Waals surface area (Å²) in [6.07, 6.45) is 4.23. The molecule has 152 valence electrons. The largest absolute Gasteiger partial charge is 0.466 e. The molecule has 4 nitrogen and oxygen atoms in total. The van der Waals surface area contributed by atoms with E-state index in [0.29, 0.717) is 24.6 Å². The van der Waals surface area contributed by atoms with Gasteiger partial charge in [-0.05, 0) is 68.5 Å². The predicted octanol–water partition coefficient (Wildman–Crippen LogP) is 5.05. The van der Waals surface area contributed by atoms with Gasteiger partial charge in [0.2, 0.25) is 0 Å². The summed E-state index contributed by atoms with van der Waals surface area (Å²) in [5, 5.41) is 3.81. The molecule has 1 fully saturated rings. The first-order valence-electron chi connectivity index (χ1n) is 11.1. The van der Waals surface area contributed by atoms with Crippen LogP contribution in [0.2, 0.25) is 0 Å². The number of hydrogen-bond acceptors (Lipinski definition) is 4. The Kier molecular flexibility index (Phi) is 5.04. The average molecular weight is 391 g/mol. The first-order valence-corrected chi connectivity index (χ1v) is 11.1. The van der Waals surface area contributed by atoms with Gasteiger partial charge in [-0.2, -0.15) is 0 Å². The molecule has 1 aliphatic carbocycles. The summed E-state index contributed by atoms with van der Waals surface area (Å²) in [5.41, 5.74) is 5.73. The smallest absolute Gasteiger partial charge is 0.309 e. The number of rotatable bonds is 4. The zero-order chi connectivity index (χ0) is 19.8. The van der Waals surface area contributed by atoms with E-state index in [1.165, 1.54) is 35.2 Å². The average Bonchev–Trinajstić information content (AvgIpc) is 3.15. The van der Waals surface area contributed by atoms with Gasteiger partial charge in [-0.15, -0.1) is 0 Å². The lowest BCUT2D eigenvalue weighted by molar-refractivity contribution is -0.149. The van der Waals surface area contributed by atoms with Crippen molar-refractivity contribution in [2.24, 2.45) is 5.92 Å². The third kappa shape index (κ3) is 3.33. The van der Waals surface area contributed by atoms with Crippen LogP contribution in [0.15, 0.2) is 48.5 Å². The Morgan fingerprint density at radius 3 is 2.59 bits per heavy atom. The highest BCUT2D eigenvalue weighted by molar-refractivity contribution is 5.72. The third-order valence-corrected chi connectivity index (χ3v) is 7.08. The molecule has 0 aromatic heterocycles. The number of esters is 1. The van der Waals surface area contributed by atoms with Crippen molar-refractivity contribution >= 4 is 11.7 Å². The number of nitrogens with zero attached hydrogens (tertiary/aromatic N) is 1. The molecule has 0 saturated carbocycles. The van der Waals surface area contributed by atoms with Gasteiger partial charge >= 0.3 is 5.97 Å². The minimum absolute atomic E-state index is 0.00800. The maximum Gasteiger partial charge on any atom is 0.309 e. The van der Waals surface area contributed by atoms with Gasteiger partial charge in [0.15, 0.2) is 0 Å². The van der Waals surface area contributed by atoms with Crippen molar-refractivity contribution in [1.29, 1.82) is 0 Å². The summed E-state index contributed by atoms with van der Waals surface area (Å²) in [6.45, 7) is 4.34. The van der Waals surface area contributed by atoms with Crippen LogP contribution in [0.5, 0.6) is 0 Å². The standard InChI is InChI=1S/C25H30N2O2/c1-2-29-25(28)18-13-15-27(16-14-18)22-12-11-20-23-19(22)9-6-10-21(23)26-24(20)17-7-4-3-5-8-17/h3-10,18,20,22,24,26H,2,11-16H2,1H3. The van der Waals surface area contributed by atoms with Crippen LogP contribution >= 0.6 is 0 Å². The van der Waals surface area contributed by atoms with E-state index < -0.39 is 0 Å². The van der Waals surface area contributed by atoms with E-state index >= 15 is 0 Å². The molecule has 2 aromatic carbocycles. The Morgan fingerprint density at radius 2 is 1.83 bits per heavy atom. The molecule has 4 heteroatoms. The summed E-state index contributed by atoms with van der Waals surface area (Å²) in [4.78, 5) is 14.7. The summed E-state index contributed by atoms with van der Waals surface area (Å²) in [6, 6.07) is 18.5. The van der Waals surface area contributed by atoms with Gasteiger partial charge in [-0.25, -0.2) is 0 Å². The number of benzene rings is 2. The second-order valence-corrected chi connectivity index (χ2v) is 8.60. The molecular weight excluding hydrogens is 360 g/mol. The molecule has 3 aliphatic rings. The lowest BCUT2D eigenvalue weighted by Crippen LogP contribution is -2.40. The van der Waals surface area contributed by atoms with E-state index in [-0.39, 0.29) is 11.9 Å². The number of piperidine rings is 1. The molecule has 0 radical (unpaired) electrons. The first-order chi connectivity index (χ1) is 14.3. The zero-order valence-electron chi connectivity index (χ0n) is 17.1. The van der Waals surface area contributed by atoms with Crippen molar-refractivity contribution < 1.29 is 9.53 Å². The molecule has 1 N–H and O–H groups in total. The molecule has 0 spiro atoms. The molecule has 3 atom stereocenters. The highest BCUT2D eigenvalue weighted by atomic mass is 16.5. The maximum absolute atomic E-state index is 12.1. The molecule has 0 amide bonds. The van der Waals surface area contributed by atoms with Crippen molar-refractivity contribution in [3.63, 3.8) is 0 Å². The van der Waals surface area contributed by atoms with E-state index in [2.05, 4.69) is 58.7 Å². The molecule has 5 rings (SSSR count). The van der Waals surface area contributed by atoms with Crippen LogP contribution in [-0.4, -0.2) is 30.6 Å². The van der Waals surface area contributed by atoms with E-state index in [1.54, 1.807) is 0 Å². The molecule has 0 bridgehead atoms. The van der Waals surface area contributed by atoms with Crippen LogP contribution in [0, 0.1) is 5.92 Å². The lowest BCUT2D eigenvalue weighted by atomic mass is 9.76. The number of carbonyl (C=O) groups excluding carboxylic acids is 1. The van der Waals surface area contributed by atoms with E-state index in [9.17, 15) is 4.79 Å². The number of likely N-dealkylation sites (tertiary alicyclic amines) is 1. The molecule has 2 aliphatic heterocycles. The van der Waals surface area contributed by atoms with Crippen LogP contribution in [0.25, 0.3) is 0 Å². The quantitative estimate of drug-likeness (QED) is 0.742. The topological polar surface area (TPSA) is 41.6 Å². The summed E-state index contributed by atoms with van der Waals surface area (Å²) < 4.78 is 5.24. The number of carbonyl (C=O) groups is 1. The van der Waals surface area contributed by atoms with E-state index in [0.717, 1.165) is 25.9 Å². The number of nitrogens with one attached hydrogen (secondary N) is 1. The fourth-order valence-electron chi connectivity index (χ4n) is 5.71. The van der Waals surface area contributed by atoms with Gasteiger partial charge in [0.25, 0.3) is 0 Å². The highest BCUT2D eigenvalue weighted by Gasteiger charge is 2.41. The van der Waals surface area contributed by atoms with Gasteiger partial charge in [0.1, 0.15) is 0 Å². The fourth-order valence-corrected chi connectivity index (χ4v) is 5.71. The van der Waals surface area contributed by atoms with Gasteiger partial charge in [0, 0.05) is 17.6 Å². The van der Waals surface area contributed by atoms with Crippen molar-refractivity contribution in [3.05, 3.63) is 65.2 Å². The summed E-state index contributed by atoms with van der Waals surface area (Å²) in [7, 11) is 0. The van der Waals surface area contributed by atoms with Crippen molar-refractivity contribution in [1.82, 2.24) is 4.90 Å². The van der Waals surface area contributed by atoms with Crippen LogP contribution < -0.4 is 5.32 Å². The Balaban J connectivity index is 1.36. The van der Waals surface area contributed by atoms with Crippen LogP contribution in [0.4, 0.5) is 5.69 Å². The Labute approximate surface area is 173 Å². The van der Waals surface area contributed by atoms with Crippen LogP contribution in [0.3, 0.4) is 0 Å². The number of hydrogen-bond donors (Lipinski definition) is 1. The van der Waals surface area contributed by atoms with Crippen LogP contribution in [0.1, 0.15) is 67.3 Å². The predicted molar refractivity (Wildman–Crippen MR) is 115 cm³/mol. The SMILES string of the molecule is CCOC(=O)C1CCN(C2CCC3c4c(cccc42)NC3c2ccccc2)CC1. The van der Waals surface area contributed by atoms with Crippen molar-refractivity contribution in [3.8, 4) is 0 Å². The second-order valence-electron chi connectivity index (χ2n) is 8.60. The highest BCUT2D eigenvalue weighted by Crippen LogP contribution is 2.54. The minimum Gasteiger partial charge on any atom is -0.466 e. The lowest BCUT2D eigenvalue weighted by Gasteiger charge is -2.41. The van der Waals surface area contributed by atoms with E-state index in [1.807, 2.05) is 6.92 Å². The van der Waals surface area contributed by atoms with Gasteiger partial charge in [0.05, 0.1) is 18.6 Å². The molecule has 3 unspecified atom stereocenters. The van der Waals surface area contributed by atoms with Gasteiger partial charge in [-0.1, -0.05) is 42.5 Å². The first kappa shape index (κ1) is 18.7. The minimum atomic E-state index is -0.00800. The van der Waals surface area contributed by atoms with E-state index in [4.69, 9.17) is 4.74 Å². The molecule has 1 saturated heterocycles. The maximum atomic E-state index is 12.1. The third-order valence-electron chi connectivity index (χ3n) is 7.08. The Bertz CT molecular complexity index is 874. The van der Waals surface area contributed by atoms with Crippen molar-refractivity contribution in [2.45, 2.75) is 50.6 Å². The number of anilines is 1. The second kappa shape index (κ2) is 7.83.